The van der Waals surface area contributed by atoms with Crippen LogP contribution in [-0.4, -0.2) is 34.1 Å². The Labute approximate surface area is 188 Å². The summed E-state index contributed by atoms with van der Waals surface area (Å²) in [6, 6.07) is 8.02. The molecule has 2 N–H and O–H groups in total. The maximum Gasteiger partial charge on any atom is 0.417 e. The van der Waals surface area contributed by atoms with Gasteiger partial charge >= 0.3 is 6.18 Å². The van der Waals surface area contributed by atoms with E-state index < -0.39 is 17.6 Å². The van der Waals surface area contributed by atoms with Gasteiger partial charge in [0.15, 0.2) is 0 Å². The molecule has 1 aromatic carbocycles. The summed E-state index contributed by atoms with van der Waals surface area (Å²) in [5.41, 5.74) is 2.19. The Kier molecular flexibility index (Phi) is 7.50. The Morgan fingerprint density at radius 3 is 2.33 bits per heavy atom. The molecule has 2 heterocycles. The van der Waals surface area contributed by atoms with Crippen molar-refractivity contribution in [2.24, 2.45) is 4.99 Å². The zero-order chi connectivity index (χ0) is 23.8. The number of amides is 1. The molecule has 10 heteroatoms. The van der Waals surface area contributed by atoms with E-state index in [1.54, 1.807) is 37.8 Å². The minimum atomic E-state index is -4.53. The number of carbonyl (C=O) groups is 1. The fourth-order valence-corrected chi connectivity index (χ4v) is 2.86. The molecular formula is C23H21F3N6O. The number of nitrogens with zero attached hydrogens (tertiary/aromatic N) is 4. The Balaban J connectivity index is 1.62. The van der Waals surface area contributed by atoms with E-state index in [0.29, 0.717) is 17.7 Å². The molecule has 0 saturated carbocycles. The standard InChI is InChI=1S/C23H21F3N6O/c1-3-19(13-27-2)32-22-29-10-17(11-30-22)16-6-4-15(5-7-16)8-21(33)31-20-9-18(12-28-14-20)23(24,25)26/h3-7,9-14H,8H2,1-2H3,(H,31,33)(H,29,30,32)/b19-3+,27-13?. The van der Waals surface area contributed by atoms with Crippen molar-refractivity contribution in [3.05, 3.63) is 78.0 Å². The largest absolute Gasteiger partial charge is 0.417 e. The predicted octanol–water partition coefficient (Wildman–Crippen LogP) is 4.75. The van der Waals surface area contributed by atoms with Crippen molar-refractivity contribution in [1.29, 1.82) is 0 Å². The predicted molar refractivity (Wildman–Crippen MR) is 121 cm³/mol. The van der Waals surface area contributed by atoms with E-state index in [2.05, 4.69) is 30.6 Å². The van der Waals surface area contributed by atoms with Crippen molar-refractivity contribution in [1.82, 2.24) is 15.0 Å². The first-order valence-corrected chi connectivity index (χ1v) is 9.87. The van der Waals surface area contributed by atoms with Gasteiger partial charge < -0.3 is 10.6 Å². The molecule has 2 aromatic heterocycles. The van der Waals surface area contributed by atoms with Crippen molar-refractivity contribution in [2.75, 3.05) is 17.7 Å². The molecule has 0 bridgehead atoms. The van der Waals surface area contributed by atoms with Crippen LogP contribution < -0.4 is 10.6 Å². The van der Waals surface area contributed by atoms with Gasteiger partial charge in [-0.2, -0.15) is 13.2 Å². The first kappa shape index (κ1) is 23.6. The number of allylic oxidation sites excluding steroid dienone is 2. The average molecular weight is 454 g/mol. The second-order valence-corrected chi connectivity index (χ2v) is 6.93. The molecule has 7 nitrogen and oxygen atoms in total. The first-order valence-electron chi connectivity index (χ1n) is 9.87. The molecule has 0 aliphatic heterocycles. The van der Waals surface area contributed by atoms with Crippen LogP contribution in [-0.2, 0) is 17.4 Å². The Hall–Kier alpha value is -4.08. The van der Waals surface area contributed by atoms with Crippen molar-refractivity contribution in [3.8, 4) is 11.1 Å². The fourth-order valence-electron chi connectivity index (χ4n) is 2.86. The number of pyridine rings is 1. The van der Waals surface area contributed by atoms with Crippen molar-refractivity contribution in [2.45, 2.75) is 19.5 Å². The number of hydrogen-bond acceptors (Lipinski definition) is 6. The van der Waals surface area contributed by atoms with E-state index in [-0.39, 0.29) is 12.1 Å². The number of aliphatic imine (C=N–C) groups is 1. The second-order valence-electron chi connectivity index (χ2n) is 6.93. The Morgan fingerprint density at radius 1 is 1.03 bits per heavy atom. The number of halogens is 3. The summed E-state index contributed by atoms with van der Waals surface area (Å²) in [6.45, 7) is 1.87. The van der Waals surface area contributed by atoms with Crippen LogP contribution in [0, 0.1) is 0 Å². The number of carbonyl (C=O) groups excluding carboxylic acids is 1. The third-order valence-corrected chi connectivity index (χ3v) is 4.49. The second kappa shape index (κ2) is 10.5. The molecule has 0 radical (unpaired) electrons. The van der Waals surface area contributed by atoms with Gasteiger partial charge in [-0.15, -0.1) is 0 Å². The van der Waals surface area contributed by atoms with E-state index in [0.717, 1.165) is 22.9 Å². The van der Waals surface area contributed by atoms with Gasteiger partial charge in [0.2, 0.25) is 11.9 Å². The topological polar surface area (TPSA) is 92.2 Å². The van der Waals surface area contributed by atoms with Crippen molar-refractivity contribution < 1.29 is 18.0 Å². The van der Waals surface area contributed by atoms with Crippen LogP contribution in [0.3, 0.4) is 0 Å². The summed E-state index contributed by atoms with van der Waals surface area (Å²) in [5.74, 6) is -0.0119. The summed E-state index contributed by atoms with van der Waals surface area (Å²) in [6.07, 6.45) is 4.21. The van der Waals surface area contributed by atoms with Gasteiger partial charge in [-0.3, -0.25) is 14.8 Å². The Morgan fingerprint density at radius 2 is 1.73 bits per heavy atom. The van der Waals surface area contributed by atoms with Gasteiger partial charge in [-0.25, -0.2) is 9.97 Å². The highest BCUT2D eigenvalue weighted by Gasteiger charge is 2.31. The number of alkyl halides is 3. The summed E-state index contributed by atoms with van der Waals surface area (Å²) in [5, 5.41) is 5.49. The van der Waals surface area contributed by atoms with Gasteiger partial charge in [0.1, 0.15) is 0 Å². The smallest absolute Gasteiger partial charge is 0.324 e. The summed E-state index contributed by atoms with van der Waals surface area (Å²) in [7, 11) is 1.67. The quantitative estimate of drug-likeness (QED) is 0.503. The maximum atomic E-state index is 12.8. The number of rotatable bonds is 7. The molecule has 170 valence electrons. The lowest BCUT2D eigenvalue weighted by Crippen LogP contribution is -2.15. The first-order chi connectivity index (χ1) is 15.8. The lowest BCUT2D eigenvalue weighted by molar-refractivity contribution is -0.137. The van der Waals surface area contributed by atoms with Gasteiger partial charge in [0, 0.05) is 37.4 Å². The van der Waals surface area contributed by atoms with Crippen molar-refractivity contribution >= 4 is 23.8 Å². The summed E-state index contributed by atoms with van der Waals surface area (Å²) < 4.78 is 38.3. The molecule has 0 saturated heterocycles. The molecule has 0 spiro atoms. The van der Waals surface area contributed by atoms with Crippen LogP contribution in [0.1, 0.15) is 18.1 Å². The number of hydrogen-bond donors (Lipinski definition) is 2. The number of benzene rings is 1. The van der Waals surface area contributed by atoms with Crippen molar-refractivity contribution in [3.63, 3.8) is 0 Å². The van der Waals surface area contributed by atoms with E-state index in [4.69, 9.17) is 0 Å². The lowest BCUT2D eigenvalue weighted by Gasteiger charge is -2.09. The van der Waals surface area contributed by atoms with Crippen LogP contribution in [0.15, 0.2) is 71.9 Å². The van der Waals surface area contributed by atoms with E-state index in [1.165, 1.54) is 6.20 Å². The van der Waals surface area contributed by atoms with E-state index in [9.17, 15) is 18.0 Å². The van der Waals surface area contributed by atoms with Crippen LogP contribution in [0.5, 0.6) is 0 Å². The molecular weight excluding hydrogens is 433 g/mol. The molecule has 0 atom stereocenters. The molecule has 0 fully saturated rings. The fraction of sp³-hybridized carbons (Fsp3) is 0.174. The molecule has 1 amide bonds. The third kappa shape index (κ3) is 6.70. The van der Waals surface area contributed by atoms with Gasteiger partial charge in [-0.1, -0.05) is 30.3 Å². The van der Waals surface area contributed by atoms with Crippen LogP contribution >= 0.6 is 0 Å². The van der Waals surface area contributed by atoms with Crippen LogP contribution in [0.2, 0.25) is 0 Å². The lowest BCUT2D eigenvalue weighted by atomic mass is 10.0. The Bertz CT molecular complexity index is 1160. The van der Waals surface area contributed by atoms with Gasteiger partial charge in [0.25, 0.3) is 0 Å². The van der Waals surface area contributed by atoms with Crippen LogP contribution in [0.4, 0.5) is 24.8 Å². The number of anilines is 2. The zero-order valence-electron chi connectivity index (χ0n) is 17.9. The normalized spacial score (nSPS) is 12.1. The minimum absolute atomic E-state index is 0.000987. The third-order valence-electron chi connectivity index (χ3n) is 4.49. The highest BCUT2D eigenvalue weighted by molar-refractivity contribution is 5.92. The zero-order valence-corrected chi connectivity index (χ0v) is 17.9. The van der Waals surface area contributed by atoms with E-state index in [1.807, 2.05) is 25.1 Å². The van der Waals surface area contributed by atoms with Gasteiger partial charge in [-0.05, 0) is 24.1 Å². The minimum Gasteiger partial charge on any atom is -0.324 e. The molecule has 0 aliphatic rings. The molecule has 33 heavy (non-hydrogen) atoms. The average Bonchev–Trinajstić information content (AvgIpc) is 2.79. The summed E-state index contributed by atoms with van der Waals surface area (Å²) in [4.78, 5) is 28.3. The highest BCUT2D eigenvalue weighted by atomic mass is 19.4. The molecule has 3 aromatic rings. The van der Waals surface area contributed by atoms with E-state index >= 15 is 0 Å². The maximum absolute atomic E-state index is 12.8. The SMILES string of the molecule is C/C=C(\C=NC)Nc1ncc(-c2ccc(CC(=O)Nc3cncc(C(F)(F)F)c3)cc2)cn1. The highest BCUT2D eigenvalue weighted by Crippen LogP contribution is 2.30. The van der Waals surface area contributed by atoms with Crippen LogP contribution in [0.25, 0.3) is 11.1 Å². The summed E-state index contributed by atoms with van der Waals surface area (Å²) >= 11 is 0. The van der Waals surface area contributed by atoms with Gasteiger partial charge in [0.05, 0.1) is 29.6 Å². The molecule has 0 aliphatic carbocycles. The number of nitrogens with one attached hydrogen (secondary N) is 2. The monoisotopic (exact) mass is 454 g/mol. The molecule has 3 rings (SSSR count). The molecule has 0 unspecified atom stereocenters. The number of aromatic nitrogens is 3.